The number of phenols is 1. The van der Waals surface area contributed by atoms with Crippen LogP contribution in [0.25, 0.3) is 31.9 Å². The molecule has 3 N–H and O–H groups in total. The second kappa shape index (κ2) is 16.0. The Morgan fingerprint density at radius 3 is 2.41 bits per heavy atom. The largest absolute Gasteiger partial charge is 0.507 e. The van der Waals surface area contributed by atoms with Gasteiger partial charge in [-0.05, 0) is 73.4 Å². The molecule has 15 heteroatoms. The number of β-amino-alcohol motifs (C(OH)–C–C–N with tert-alkyl or cyclic N) is 1. The molecule has 2 aromatic carbocycles. The van der Waals surface area contributed by atoms with Gasteiger partial charge in [0, 0.05) is 56.2 Å². The number of nitrogens with zero attached hydrogens (tertiary/aromatic N) is 7. The van der Waals surface area contributed by atoms with Crippen LogP contribution < -0.4 is 15.1 Å². The average Bonchev–Trinajstić information content (AvgIpc) is 3.53. The van der Waals surface area contributed by atoms with E-state index in [-0.39, 0.29) is 42.5 Å². The molecule has 4 atom stereocenters. The molecule has 4 aromatic heterocycles. The highest BCUT2D eigenvalue weighted by Crippen LogP contribution is 2.52. The van der Waals surface area contributed by atoms with Crippen LogP contribution in [0, 0.1) is 12.8 Å². The van der Waals surface area contributed by atoms with Crippen LogP contribution in [0.2, 0.25) is 0 Å². The number of nitrogens with one attached hydrogen (secondary N) is 1. The third-order valence-corrected chi connectivity index (χ3v) is 14.1. The maximum absolute atomic E-state index is 14.4. The molecule has 59 heavy (non-hydrogen) atoms. The van der Waals surface area contributed by atoms with E-state index in [4.69, 9.17) is 4.52 Å². The number of aliphatic hydroxyl groups is 1. The Bertz CT molecular complexity index is 2490. The number of fused-ring (bicyclic) bond motifs is 1. The molecule has 3 fully saturated rings. The van der Waals surface area contributed by atoms with E-state index < -0.39 is 18.1 Å². The van der Waals surface area contributed by atoms with E-state index in [1.54, 1.807) is 34.8 Å². The first-order valence-electron chi connectivity index (χ1n) is 20.4. The fourth-order valence-electron chi connectivity index (χ4n) is 8.56. The number of phenolic OH excluding ortho intramolecular Hbond substituents is 1. The number of piperazine rings is 1. The van der Waals surface area contributed by atoms with Gasteiger partial charge < -0.3 is 34.8 Å². The number of thiazole rings is 1. The lowest BCUT2D eigenvalue weighted by Gasteiger charge is -2.35. The maximum atomic E-state index is 14.4. The molecule has 2 saturated heterocycles. The average molecular weight is 833 g/mol. The third kappa shape index (κ3) is 7.67. The van der Waals surface area contributed by atoms with Crippen molar-refractivity contribution in [3.8, 4) is 27.4 Å². The summed E-state index contributed by atoms with van der Waals surface area (Å²) in [4.78, 5) is 40.6. The Hall–Kier alpha value is -5.38. The summed E-state index contributed by atoms with van der Waals surface area (Å²) in [6, 6.07) is 18.1. The molecule has 1 saturated carbocycles. The lowest BCUT2D eigenvalue weighted by molar-refractivity contribution is -0.141. The number of aliphatic hydroxyl groups excluding tert-OH is 1. The van der Waals surface area contributed by atoms with Gasteiger partial charge in [0.2, 0.25) is 11.8 Å². The van der Waals surface area contributed by atoms with Gasteiger partial charge in [-0.2, -0.15) is 0 Å². The van der Waals surface area contributed by atoms with Crippen LogP contribution in [-0.4, -0.2) is 92.1 Å². The first-order valence-corrected chi connectivity index (χ1v) is 22.1. The number of amides is 2. The van der Waals surface area contributed by atoms with Crippen molar-refractivity contribution in [3.63, 3.8) is 0 Å². The minimum absolute atomic E-state index is 0.0720. The summed E-state index contributed by atoms with van der Waals surface area (Å²) < 4.78 is 5.93. The molecule has 2 amide bonds. The molecular weight excluding hydrogens is 785 g/mol. The summed E-state index contributed by atoms with van der Waals surface area (Å²) in [7, 11) is 0. The Morgan fingerprint density at radius 1 is 0.966 bits per heavy atom. The quantitative estimate of drug-likeness (QED) is 0.121. The molecule has 9 rings (SSSR count). The van der Waals surface area contributed by atoms with E-state index in [0.717, 1.165) is 57.8 Å². The van der Waals surface area contributed by atoms with Crippen molar-refractivity contribution in [1.82, 2.24) is 30.6 Å². The fraction of sp³-hybridized carbons (Fsp3) is 0.409. The van der Waals surface area contributed by atoms with Crippen LogP contribution in [0.1, 0.15) is 80.5 Å². The number of rotatable bonds is 11. The Balaban J connectivity index is 0.866. The maximum Gasteiger partial charge on any atom is 0.243 e. The van der Waals surface area contributed by atoms with Gasteiger partial charge in [0.1, 0.15) is 22.5 Å². The molecule has 6 aromatic rings. The number of thiophene rings is 1. The van der Waals surface area contributed by atoms with Crippen LogP contribution in [-0.2, 0) is 9.59 Å². The molecule has 6 heterocycles. The summed E-state index contributed by atoms with van der Waals surface area (Å²) in [6.45, 7) is 10.9. The molecule has 0 radical (unpaired) electrons. The minimum atomic E-state index is -0.812. The second-order valence-corrected chi connectivity index (χ2v) is 18.2. The third-order valence-electron chi connectivity index (χ3n) is 11.9. The van der Waals surface area contributed by atoms with Crippen molar-refractivity contribution in [1.29, 1.82) is 0 Å². The molecule has 1 unspecified atom stereocenters. The van der Waals surface area contributed by atoms with Gasteiger partial charge in [0.15, 0.2) is 11.6 Å². The molecule has 2 aliphatic heterocycles. The van der Waals surface area contributed by atoms with Crippen LogP contribution in [0.3, 0.4) is 0 Å². The SMILES string of the molecule is Cc1ncsc1-c1ccc([C@H](C)NC(=O)[C@@H]2C[C@@H](O)CN2C(=O)C(c2cc(N3CCN(c4sc5nnc(-c6ccccc6O)cc5c4C4CC4)CC3)no2)C(C)C)cc1. The van der Waals surface area contributed by atoms with Crippen LogP contribution in [0.15, 0.2) is 70.7 Å². The number of aromatic nitrogens is 4. The number of carbonyl (C=O) groups is 2. The predicted molar refractivity (Wildman–Crippen MR) is 230 cm³/mol. The fourth-order valence-corrected chi connectivity index (χ4v) is 10.6. The number of benzene rings is 2. The topological polar surface area (TPSA) is 161 Å². The highest BCUT2D eigenvalue weighted by molar-refractivity contribution is 7.22. The number of likely N-dealkylation sites (tertiary alicyclic amines) is 1. The number of aryl methyl sites for hydroxylation is 1. The molecular formula is C44H48N8O5S2. The van der Waals surface area contributed by atoms with E-state index >= 15 is 0 Å². The second-order valence-electron chi connectivity index (χ2n) is 16.4. The number of para-hydroxylation sites is 1. The van der Waals surface area contributed by atoms with Gasteiger partial charge in [-0.1, -0.05) is 66.7 Å². The van der Waals surface area contributed by atoms with E-state index in [1.165, 1.54) is 15.5 Å². The van der Waals surface area contributed by atoms with Crippen LogP contribution in [0.5, 0.6) is 5.75 Å². The van der Waals surface area contributed by atoms with Gasteiger partial charge in [0.25, 0.3) is 0 Å². The van der Waals surface area contributed by atoms with E-state index in [2.05, 4.69) is 41.5 Å². The molecule has 0 bridgehead atoms. The van der Waals surface area contributed by atoms with Crippen LogP contribution >= 0.6 is 22.7 Å². The summed E-state index contributed by atoms with van der Waals surface area (Å²) in [6.07, 6.45) is 1.65. The number of anilines is 2. The Kier molecular flexibility index (Phi) is 10.6. The Labute approximate surface area is 350 Å². The van der Waals surface area contributed by atoms with E-state index in [0.29, 0.717) is 41.8 Å². The Morgan fingerprint density at radius 2 is 1.71 bits per heavy atom. The number of aromatic hydroxyl groups is 1. The van der Waals surface area contributed by atoms with Gasteiger partial charge >= 0.3 is 0 Å². The molecule has 306 valence electrons. The number of carbonyl (C=O) groups excluding carboxylic acids is 2. The molecule has 3 aliphatic rings. The zero-order valence-electron chi connectivity index (χ0n) is 33.5. The van der Waals surface area contributed by atoms with Crippen molar-refractivity contribution in [3.05, 3.63) is 88.8 Å². The zero-order valence-corrected chi connectivity index (χ0v) is 35.2. The first-order chi connectivity index (χ1) is 28.5. The van der Waals surface area contributed by atoms with Crippen molar-refractivity contribution in [2.24, 2.45) is 5.92 Å². The van der Waals surface area contributed by atoms with Crippen molar-refractivity contribution in [2.75, 3.05) is 42.5 Å². The molecule has 0 spiro atoms. The lowest BCUT2D eigenvalue weighted by atomic mass is 9.91. The highest BCUT2D eigenvalue weighted by Gasteiger charge is 2.44. The van der Waals surface area contributed by atoms with Crippen molar-refractivity contribution < 1.29 is 24.3 Å². The van der Waals surface area contributed by atoms with Crippen molar-refractivity contribution in [2.45, 2.75) is 77.0 Å². The molecule has 1 aliphatic carbocycles. The van der Waals surface area contributed by atoms with Crippen molar-refractivity contribution >= 4 is 55.5 Å². The monoisotopic (exact) mass is 832 g/mol. The standard InChI is InChI=1S/C44H48N8O5S2/c1-24(2)38(43(56)52-22-30(53)19-34(52)41(55)46-25(3)27-9-13-29(14-10-27)40-26(4)45-23-58-40)36-21-37(49-57-36)50-15-17-51(18-16-50)44-39(28-11-12-28)32-20-33(47-48-42(32)59-44)31-7-5-6-8-35(31)54/h5-10,13-14,20-21,23-25,28,30,34,38,53-54H,11-12,15-19,22H2,1-4H3,(H,46,55)/t25-,30+,34-,38?/m0/s1. The first kappa shape index (κ1) is 39.1. The van der Waals surface area contributed by atoms with E-state index in [9.17, 15) is 19.8 Å². The number of hydrogen-bond acceptors (Lipinski definition) is 13. The van der Waals surface area contributed by atoms with Gasteiger partial charge in [-0.15, -0.1) is 21.5 Å². The predicted octanol–water partition coefficient (Wildman–Crippen LogP) is 7.27. The highest BCUT2D eigenvalue weighted by atomic mass is 32.1. The summed E-state index contributed by atoms with van der Waals surface area (Å²) in [5, 5.41) is 40.2. The number of hydrogen-bond donors (Lipinski definition) is 3. The van der Waals surface area contributed by atoms with E-state index in [1.807, 2.05) is 75.7 Å². The summed E-state index contributed by atoms with van der Waals surface area (Å²) in [5.41, 5.74) is 7.51. The summed E-state index contributed by atoms with van der Waals surface area (Å²) >= 11 is 3.28. The zero-order chi connectivity index (χ0) is 40.9. The molecule has 13 nitrogen and oxygen atoms in total. The van der Waals surface area contributed by atoms with Gasteiger partial charge in [-0.25, -0.2) is 4.98 Å². The lowest BCUT2D eigenvalue weighted by Crippen LogP contribution is -2.48. The van der Waals surface area contributed by atoms with Gasteiger partial charge in [0.05, 0.1) is 38.9 Å². The normalized spacial score (nSPS) is 19.5. The van der Waals surface area contributed by atoms with Crippen LogP contribution in [0.4, 0.5) is 10.8 Å². The summed E-state index contributed by atoms with van der Waals surface area (Å²) in [5.74, 6) is 0.426. The minimum Gasteiger partial charge on any atom is -0.507 e. The van der Waals surface area contributed by atoms with Gasteiger partial charge in [-0.3, -0.25) is 9.59 Å². The smallest absolute Gasteiger partial charge is 0.243 e.